The van der Waals surface area contributed by atoms with Crippen molar-refractivity contribution in [3.8, 4) is 0 Å². The summed E-state index contributed by atoms with van der Waals surface area (Å²) in [7, 11) is 0. The van der Waals surface area contributed by atoms with Crippen molar-refractivity contribution < 1.29 is 9.59 Å². The van der Waals surface area contributed by atoms with Crippen LogP contribution in [0.25, 0.3) is 0 Å². The number of benzene rings is 1. The first kappa shape index (κ1) is 13.5. The number of anilines is 1. The molecule has 102 valence electrons. The van der Waals surface area contributed by atoms with Crippen molar-refractivity contribution in [2.75, 3.05) is 11.9 Å². The molecular weight excluding hydrogens is 242 g/mol. The minimum absolute atomic E-state index is 0.0417. The molecule has 1 aromatic carbocycles. The summed E-state index contributed by atoms with van der Waals surface area (Å²) >= 11 is 0. The predicted molar refractivity (Wildman–Crippen MR) is 73.5 cm³/mol. The molecule has 1 aliphatic rings. The summed E-state index contributed by atoms with van der Waals surface area (Å²) in [5.41, 5.74) is 11.5. The van der Waals surface area contributed by atoms with Gasteiger partial charge in [0.15, 0.2) is 0 Å². The van der Waals surface area contributed by atoms with Crippen LogP contribution < -0.4 is 16.8 Å². The maximum atomic E-state index is 12.2. The average Bonchev–Trinajstić information content (AvgIpc) is 2.35. The molecule has 0 heterocycles. The standard InChI is InChI=1S/C14H19N3O2/c1-9-6-14(7-9,8-15)13(19)17-11-4-2-10(3-5-11)12(16)18/h2-5,9H,6-8,15H2,1H3,(H2,16,18)(H,17,19). The van der Waals surface area contributed by atoms with Crippen molar-refractivity contribution in [1.82, 2.24) is 0 Å². The zero-order valence-corrected chi connectivity index (χ0v) is 11.0. The maximum Gasteiger partial charge on any atom is 0.248 e. The minimum Gasteiger partial charge on any atom is -0.366 e. The number of primary amides is 1. The molecule has 0 bridgehead atoms. The molecule has 0 aliphatic heterocycles. The Kier molecular flexibility index (Phi) is 3.57. The van der Waals surface area contributed by atoms with Gasteiger partial charge in [-0.2, -0.15) is 0 Å². The molecule has 2 amide bonds. The van der Waals surface area contributed by atoms with Gasteiger partial charge in [0.25, 0.3) is 0 Å². The lowest BCUT2D eigenvalue weighted by molar-refractivity contribution is -0.132. The number of nitrogens with two attached hydrogens (primary N) is 2. The number of amides is 2. The second-order valence-electron chi connectivity index (χ2n) is 5.39. The molecule has 1 saturated carbocycles. The fraction of sp³-hybridized carbons (Fsp3) is 0.429. The summed E-state index contributed by atoms with van der Waals surface area (Å²) in [5.74, 6) is 0.0237. The summed E-state index contributed by atoms with van der Waals surface area (Å²) in [4.78, 5) is 23.2. The Hall–Kier alpha value is -1.88. The van der Waals surface area contributed by atoms with Crippen LogP contribution in [0.3, 0.4) is 0 Å². The summed E-state index contributed by atoms with van der Waals surface area (Å²) in [6, 6.07) is 6.53. The van der Waals surface area contributed by atoms with E-state index in [2.05, 4.69) is 12.2 Å². The van der Waals surface area contributed by atoms with E-state index < -0.39 is 11.3 Å². The van der Waals surface area contributed by atoms with Gasteiger partial charge in [0.1, 0.15) is 0 Å². The third-order valence-corrected chi connectivity index (χ3v) is 3.78. The Labute approximate surface area is 112 Å². The van der Waals surface area contributed by atoms with E-state index in [1.807, 2.05) is 0 Å². The molecule has 1 aliphatic carbocycles. The molecule has 5 nitrogen and oxygen atoms in total. The van der Waals surface area contributed by atoms with Crippen LogP contribution in [0.4, 0.5) is 5.69 Å². The summed E-state index contributed by atoms with van der Waals surface area (Å²) < 4.78 is 0. The number of hydrogen-bond acceptors (Lipinski definition) is 3. The molecular formula is C14H19N3O2. The van der Waals surface area contributed by atoms with Crippen LogP contribution in [0.15, 0.2) is 24.3 Å². The molecule has 0 atom stereocenters. The zero-order valence-electron chi connectivity index (χ0n) is 11.0. The van der Waals surface area contributed by atoms with Gasteiger partial charge in [-0.3, -0.25) is 9.59 Å². The van der Waals surface area contributed by atoms with Crippen molar-refractivity contribution in [1.29, 1.82) is 0 Å². The molecule has 2 rings (SSSR count). The highest BCUT2D eigenvalue weighted by Crippen LogP contribution is 2.45. The van der Waals surface area contributed by atoms with Crippen LogP contribution in [0.5, 0.6) is 0 Å². The Balaban J connectivity index is 2.04. The molecule has 0 radical (unpaired) electrons. The van der Waals surface area contributed by atoms with Crippen molar-refractivity contribution >= 4 is 17.5 Å². The number of carbonyl (C=O) groups excluding carboxylic acids is 2. The van der Waals surface area contributed by atoms with Gasteiger partial charge in [-0.05, 0) is 43.0 Å². The van der Waals surface area contributed by atoms with Crippen molar-refractivity contribution in [2.24, 2.45) is 22.8 Å². The number of rotatable bonds is 4. The quantitative estimate of drug-likeness (QED) is 0.756. The fourth-order valence-corrected chi connectivity index (χ4v) is 2.70. The van der Waals surface area contributed by atoms with Crippen LogP contribution in [-0.2, 0) is 4.79 Å². The third-order valence-electron chi connectivity index (χ3n) is 3.78. The fourth-order valence-electron chi connectivity index (χ4n) is 2.70. The van der Waals surface area contributed by atoms with Crippen LogP contribution in [-0.4, -0.2) is 18.4 Å². The predicted octanol–water partition coefficient (Wildman–Crippen LogP) is 1.10. The third kappa shape index (κ3) is 2.61. The second-order valence-corrected chi connectivity index (χ2v) is 5.39. The maximum absolute atomic E-state index is 12.2. The minimum atomic E-state index is -0.482. The Bertz CT molecular complexity index is 490. The van der Waals surface area contributed by atoms with Gasteiger partial charge in [-0.1, -0.05) is 6.92 Å². The van der Waals surface area contributed by atoms with E-state index in [-0.39, 0.29) is 5.91 Å². The monoisotopic (exact) mass is 261 g/mol. The van der Waals surface area contributed by atoms with E-state index in [0.29, 0.717) is 23.7 Å². The van der Waals surface area contributed by atoms with E-state index in [1.54, 1.807) is 24.3 Å². The van der Waals surface area contributed by atoms with Crippen LogP contribution in [0.1, 0.15) is 30.1 Å². The second kappa shape index (κ2) is 5.01. The van der Waals surface area contributed by atoms with Gasteiger partial charge in [0, 0.05) is 17.8 Å². The molecule has 1 aromatic rings. The topological polar surface area (TPSA) is 98.2 Å². The number of nitrogens with one attached hydrogen (secondary N) is 1. The molecule has 5 N–H and O–H groups in total. The Morgan fingerprint density at radius 1 is 1.32 bits per heavy atom. The highest BCUT2D eigenvalue weighted by atomic mass is 16.2. The highest BCUT2D eigenvalue weighted by Gasteiger charge is 2.47. The smallest absolute Gasteiger partial charge is 0.248 e. The van der Waals surface area contributed by atoms with Gasteiger partial charge in [-0.15, -0.1) is 0 Å². The number of hydrogen-bond donors (Lipinski definition) is 3. The van der Waals surface area contributed by atoms with E-state index in [4.69, 9.17) is 11.5 Å². The van der Waals surface area contributed by atoms with Gasteiger partial charge >= 0.3 is 0 Å². The lowest BCUT2D eigenvalue weighted by Gasteiger charge is -2.44. The van der Waals surface area contributed by atoms with Crippen molar-refractivity contribution in [2.45, 2.75) is 19.8 Å². The highest BCUT2D eigenvalue weighted by molar-refractivity contribution is 5.97. The van der Waals surface area contributed by atoms with Crippen LogP contribution in [0, 0.1) is 11.3 Å². The van der Waals surface area contributed by atoms with Gasteiger partial charge in [0.05, 0.1) is 5.41 Å². The lowest BCUT2D eigenvalue weighted by Crippen LogP contribution is -2.51. The van der Waals surface area contributed by atoms with E-state index in [0.717, 1.165) is 12.8 Å². The van der Waals surface area contributed by atoms with E-state index in [9.17, 15) is 9.59 Å². The van der Waals surface area contributed by atoms with Crippen LogP contribution in [0.2, 0.25) is 0 Å². The molecule has 0 unspecified atom stereocenters. The first-order chi connectivity index (χ1) is 8.97. The summed E-state index contributed by atoms with van der Waals surface area (Å²) in [6.07, 6.45) is 1.66. The van der Waals surface area contributed by atoms with E-state index in [1.165, 1.54) is 0 Å². The van der Waals surface area contributed by atoms with Gasteiger partial charge < -0.3 is 16.8 Å². The zero-order chi connectivity index (χ0) is 14.0. The van der Waals surface area contributed by atoms with Crippen molar-refractivity contribution in [3.63, 3.8) is 0 Å². The lowest BCUT2D eigenvalue weighted by atomic mass is 9.62. The average molecular weight is 261 g/mol. The van der Waals surface area contributed by atoms with Gasteiger partial charge in [0.2, 0.25) is 11.8 Å². The van der Waals surface area contributed by atoms with E-state index >= 15 is 0 Å². The van der Waals surface area contributed by atoms with Crippen LogP contribution >= 0.6 is 0 Å². The van der Waals surface area contributed by atoms with Gasteiger partial charge in [-0.25, -0.2) is 0 Å². The molecule has 1 fully saturated rings. The molecule has 5 heteroatoms. The molecule has 0 spiro atoms. The SMILES string of the molecule is CC1CC(CN)(C(=O)Nc2ccc(C(N)=O)cc2)C1. The summed E-state index contributed by atoms with van der Waals surface area (Å²) in [6.45, 7) is 2.48. The summed E-state index contributed by atoms with van der Waals surface area (Å²) in [5, 5.41) is 2.85. The first-order valence-corrected chi connectivity index (χ1v) is 6.38. The normalized spacial score (nSPS) is 25.5. The largest absolute Gasteiger partial charge is 0.366 e. The Morgan fingerprint density at radius 2 is 1.89 bits per heavy atom. The molecule has 0 aromatic heterocycles. The Morgan fingerprint density at radius 3 is 2.32 bits per heavy atom. The van der Waals surface area contributed by atoms with Crippen molar-refractivity contribution in [3.05, 3.63) is 29.8 Å². The number of carbonyl (C=O) groups is 2. The first-order valence-electron chi connectivity index (χ1n) is 6.38. The molecule has 19 heavy (non-hydrogen) atoms. The molecule has 0 saturated heterocycles.